The third-order valence-electron chi connectivity index (χ3n) is 1.51. The highest BCUT2D eigenvalue weighted by Gasteiger charge is 2.16. The molecule has 1 aliphatic rings. The summed E-state index contributed by atoms with van der Waals surface area (Å²) in [6.07, 6.45) is -1.84. The first kappa shape index (κ1) is 2.79. The minimum atomic E-state index is -1.84. The van der Waals surface area contributed by atoms with Crippen molar-refractivity contribution in [1.82, 2.24) is 0 Å². The number of fused-ring (bicyclic) bond motifs is 1. The summed E-state index contributed by atoms with van der Waals surface area (Å²) in [5.74, 6) is -0.0429. The third-order valence-corrected chi connectivity index (χ3v) is 1.51. The van der Waals surface area contributed by atoms with Crippen molar-refractivity contribution in [3.8, 4) is 5.75 Å². The van der Waals surface area contributed by atoms with Gasteiger partial charge in [-0.25, -0.2) is 0 Å². The second kappa shape index (κ2) is 2.55. The molecule has 0 radical (unpaired) electrons. The Morgan fingerprint density at radius 2 is 2.45 bits per heavy atom. The van der Waals surface area contributed by atoms with E-state index in [9.17, 15) is 0 Å². The van der Waals surface area contributed by atoms with E-state index in [1.807, 2.05) is 0 Å². The van der Waals surface area contributed by atoms with Crippen LogP contribution in [0.25, 0.3) is 0 Å². The van der Waals surface area contributed by atoms with Gasteiger partial charge in [-0.15, -0.1) is 0 Å². The molecule has 0 aromatic heterocycles. The van der Waals surface area contributed by atoms with Crippen LogP contribution in [0.4, 0.5) is 0 Å². The van der Waals surface area contributed by atoms with Gasteiger partial charge in [0.1, 0.15) is 5.75 Å². The van der Waals surface area contributed by atoms with E-state index >= 15 is 0 Å². The van der Waals surface area contributed by atoms with E-state index < -0.39 is 24.5 Å². The Balaban J connectivity index is 2.74. The zero-order valence-electron chi connectivity index (χ0n) is 11.8. The van der Waals surface area contributed by atoms with Gasteiger partial charge in [0, 0.05) is 20.7 Å². The molecule has 2 rings (SSSR count). The van der Waals surface area contributed by atoms with E-state index in [0.29, 0.717) is 0 Å². The second-order valence-electron chi connectivity index (χ2n) is 2.21. The first-order chi connectivity index (χ1) is 7.77. The largest absolute Gasteiger partial charge is 0.493 e. The molecule has 0 fully saturated rings. The molecule has 58 valence electrons. The van der Waals surface area contributed by atoms with E-state index in [0.717, 1.165) is 0 Å². The summed E-state index contributed by atoms with van der Waals surface area (Å²) in [5.41, 5.74) is 5.72. The maximum absolute atomic E-state index is 7.70. The smallest absolute Gasteiger partial charge is 0.124 e. The molecule has 1 aromatic rings. The minimum Gasteiger partial charge on any atom is -0.493 e. The highest BCUT2D eigenvalue weighted by Crippen LogP contribution is 2.29. The standard InChI is InChI=1S/C9H11NO/c10-8-5-6-11-9-4-2-1-3-7(8)9/h1-4,8H,5-6,10H2/i1D,2D,3D,4D,5D2. The van der Waals surface area contributed by atoms with Gasteiger partial charge in [-0.05, 0) is 6.04 Å². The van der Waals surface area contributed by atoms with Gasteiger partial charge < -0.3 is 10.5 Å². The first-order valence-corrected chi connectivity index (χ1v) is 3.26. The number of hydrogen-bond acceptors (Lipinski definition) is 2. The molecule has 0 bridgehead atoms. The van der Waals surface area contributed by atoms with E-state index in [4.69, 9.17) is 18.7 Å². The van der Waals surface area contributed by atoms with Gasteiger partial charge in [-0.3, -0.25) is 0 Å². The van der Waals surface area contributed by atoms with Crippen LogP contribution in [-0.4, -0.2) is 6.61 Å². The molecular formula is C9H11NO. The van der Waals surface area contributed by atoms with Crippen molar-refractivity contribution in [2.24, 2.45) is 5.73 Å². The van der Waals surface area contributed by atoms with Crippen LogP contribution in [-0.2, 0) is 0 Å². The summed E-state index contributed by atoms with van der Waals surface area (Å²) in [6, 6.07) is -2.59. The fourth-order valence-corrected chi connectivity index (χ4v) is 0.949. The van der Waals surface area contributed by atoms with Crippen LogP contribution in [0, 0.1) is 0 Å². The first-order valence-electron chi connectivity index (χ1n) is 6.26. The van der Waals surface area contributed by atoms with Gasteiger partial charge in [-0.1, -0.05) is 18.1 Å². The van der Waals surface area contributed by atoms with Crippen molar-refractivity contribution in [2.75, 3.05) is 6.61 Å². The molecule has 2 N–H and O–H groups in total. The molecule has 1 atom stereocenters. The molecule has 11 heavy (non-hydrogen) atoms. The topological polar surface area (TPSA) is 35.2 Å². The number of ether oxygens (including phenoxy) is 1. The normalized spacial score (nSPS) is 34.5. The Kier molecular flexibility index (Phi) is 0.647. The molecule has 1 aromatic carbocycles. The van der Waals surface area contributed by atoms with Crippen molar-refractivity contribution < 1.29 is 13.0 Å². The van der Waals surface area contributed by atoms with Crippen LogP contribution in [0.3, 0.4) is 0 Å². The van der Waals surface area contributed by atoms with Crippen LogP contribution in [0.1, 0.15) is 26.2 Å². The molecule has 0 aliphatic carbocycles. The summed E-state index contributed by atoms with van der Waals surface area (Å²) < 4.78 is 50.7. The fourth-order valence-electron chi connectivity index (χ4n) is 0.949. The molecule has 0 amide bonds. The Labute approximate surface area is 74.4 Å². The average molecular weight is 155 g/mol. The van der Waals surface area contributed by atoms with Gasteiger partial charge in [0.25, 0.3) is 0 Å². The van der Waals surface area contributed by atoms with Gasteiger partial charge >= 0.3 is 0 Å². The lowest BCUT2D eigenvalue weighted by Gasteiger charge is -2.22. The highest BCUT2D eigenvalue weighted by atomic mass is 16.5. The van der Waals surface area contributed by atoms with Crippen molar-refractivity contribution in [3.63, 3.8) is 0 Å². The molecule has 2 heteroatoms. The van der Waals surface area contributed by atoms with E-state index in [1.165, 1.54) is 0 Å². The van der Waals surface area contributed by atoms with Gasteiger partial charge in [0.05, 0.1) is 12.1 Å². The Morgan fingerprint density at radius 1 is 1.64 bits per heavy atom. The number of para-hydroxylation sites is 1. The van der Waals surface area contributed by atoms with E-state index in [1.54, 1.807) is 0 Å². The molecule has 0 saturated heterocycles. The van der Waals surface area contributed by atoms with Gasteiger partial charge in [0.2, 0.25) is 0 Å². The molecule has 1 heterocycles. The average Bonchev–Trinajstić information content (AvgIpc) is 2.27. The van der Waals surface area contributed by atoms with Crippen LogP contribution >= 0.6 is 0 Å². The zero-order valence-corrected chi connectivity index (χ0v) is 5.77. The Morgan fingerprint density at radius 3 is 3.36 bits per heavy atom. The summed E-state index contributed by atoms with van der Waals surface area (Å²) in [4.78, 5) is 0. The fraction of sp³-hybridized carbons (Fsp3) is 0.333. The maximum Gasteiger partial charge on any atom is 0.124 e. The van der Waals surface area contributed by atoms with Gasteiger partial charge in [-0.2, -0.15) is 0 Å². The molecule has 0 spiro atoms. The summed E-state index contributed by atoms with van der Waals surface area (Å²) in [7, 11) is 0. The zero-order chi connectivity index (χ0) is 13.0. The Bertz CT molecular complexity index is 489. The molecule has 2 nitrogen and oxygen atoms in total. The number of hydrogen-bond donors (Lipinski definition) is 1. The summed E-state index contributed by atoms with van der Waals surface area (Å²) >= 11 is 0. The summed E-state index contributed by atoms with van der Waals surface area (Å²) in [6.45, 7) is -0.316. The third kappa shape index (κ3) is 1.10. The number of benzene rings is 1. The monoisotopic (exact) mass is 155 g/mol. The molecular weight excluding hydrogens is 138 g/mol. The van der Waals surface area contributed by atoms with Crippen molar-refractivity contribution >= 4 is 0 Å². The molecule has 1 aliphatic heterocycles. The molecule has 1 unspecified atom stereocenters. The maximum atomic E-state index is 7.70. The lowest BCUT2D eigenvalue weighted by Crippen LogP contribution is -2.20. The quantitative estimate of drug-likeness (QED) is 0.615. The van der Waals surface area contributed by atoms with Crippen LogP contribution < -0.4 is 10.5 Å². The highest BCUT2D eigenvalue weighted by molar-refractivity contribution is 5.36. The van der Waals surface area contributed by atoms with E-state index in [-0.39, 0.29) is 30.0 Å². The SMILES string of the molecule is [2H]c1c([2H])c([2H])c2c(c1[2H])OCC([2H])([2H])C2N. The van der Waals surface area contributed by atoms with Crippen molar-refractivity contribution in [3.05, 3.63) is 29.7 Å². The van der Waals surface area contributed by atoms with Crippen molar-refractivity contribution in [1.29, 1.82) is 0 Å². The van der Waals surface area contributed by atoms with Crippen LogP contribution in [0.15, 0.2) is 24.2 Å². The predicted octanol–water partition coefficient (Wildman–Crippen LogP) is 1.47. The van der Waals surface area contributed by atoms with Crippen molar-refractivity contribution in [2.45, 2.75) is 12.4 Å². The summed E-state index contributed by atoms with van der Waals surface area (Å²) in [5, 5.41) is 0. The number of nitrogens with two attached hydrogens (primary N) is 1. The van der Waals surface area contributed by atoms with Crippen LogP contribution in [0.2, 0.25) is 0 Å². The molecule has 0 saturated carbocycles. The minimum absolute atomic E-state index is 0.00671. The van der Waals surface area contributed by atoms with Gasteiger partial charge in [0.15, 0.2) is 0 Å². The lowest BCUT2D eigenvalue weighted by atomic mass is 10.0. The second-order valence-corrected chi connectivity index (χ2v) is 2.21. The number of rotatable bonds is 0. The van der Waals surface area contributed by atoms with Crippen LogP contribution in [0.5, 0.6) is 5.75 Å². The Hall–Kier alpha value is -1.02. The predicted molar refractivity (Wildman–Crippen MR) is 43.5 cm³/mol. The lowest BCUT2D eigenvalue weighted by molar-refractivity contribution is 0.269. The van der Waals surface area contributed by atoms with E-state index in [2.05, 4.69) is 0 Å².